The van der Waals surface area contributed by atoms with Gasteiger partial charge in [0.1, 0.15) is 5.78 Å². The van der Waals surface area contributed by atoms with Gasteiger partial charge in [0.2, 0.25) is 0 Å². The minimum atomic E-state index is -0.518. The lowest BCUT2D eigenvalue weighted by molar-refractivity contribution is -0.217. The summed E-state index contributed by atoms with van der Waals surface area (Å²) < 4.78 is 12.0. The maximum absolute atomic E-state index is 12.0. The van der Waals surface area contributed by atoms with E-state index < -0.39 is 5.79 Å². The molecule has 0 N–H and O–H groups in total. The number of rotatable bonds is 0. The first-order chi connectivity index (χ1) is 7.26. The van der Waals surface area contributed by atoms with E-state index in [1.165, 1.54) is 0 Å². The van der Waals surface area contributed by atoms with Crippen molar-refractivity contribution in [3.63, 3.8) is 0 Å². The average molecular weight is 226 g/mol. The molecule has 3 atom stereocenters. The topological polar surface area (TPSA) is 35.5 Å². The van der Waals surface area contributed by atoms with Crippen LogP contribution in [0.2, 0.25) is 0 Å². The van der Waals surface area contributed by atoms with Crippen molar-refractivity contribution < 1.29 is 14.3 Å². The molecule has 3 nitrogen and oxygen atoms in total. The van der Waals surface area contributed by atoms with Crippen LogP contribution in [0.3, 0.4) is 0 Å². The Morgan fingerprint density at radius 2 is 1.62 bits per heavy atom. The molecule has 0 aromatic rings. The first kappa shape index (κ1) is 12.1. The maximum atomic E-state index is 12.0. The summed E-state index contributed by atoms with van der Waals surface area (Å²) in [6, 6.07) is 0. The van der Waals surface area contributed by atoms with Gasteiger partial charge in [0.15, 0.2) is 5.79 Å². The molecule has 3 heteroatoms. The molecule has 1 aliphatic carbocycles. The van der Waals surface area contributed by atoms with Gasteiger partial charge in [-0.15, -0.1) is 0 Å². The van der Waals surface area contributed by atoms with Gasteiger partial charge in [-0.3, -0.25) is 4.79 Å². The molecule has 0 radical (unpaired) electrons. The number of carbonyl (C=O) groups excluding carboxylic acids is 1. The molecule has 0 aromatic carbocycles. The molecule has 2 aliphatic rings. The van der Waals surface area contributed by atoms with Crippen molar-refractivity contribution in [3.05, 3.63) is 0 Å². The van der Waals surface area contributed by atoms with Gasteiger partial charge < -0.3 is 9.47 Å². The highest BCUT2D eigenvalue weighted by atomic mass is 16.8. The summed E-state index contributed by atoms with van der Waals surface area (Å²) in [7, 11) is 0. The summed E-state index contributed by atoms with van der Waals surface area (Å²) in [5, 5.41) is 0. The average Bonchev–Trinajstić information content (AvgIpc) is 2.37. The van der Waals surface area contributed by atoms with Gasteiger partial charge in [0, 0.05) is 24.2 Å². The molecule has 1 heterocycles. The van der Waals surface area contributed by atoms with Crippen LogP contribution < -0.4 is 0 Å². The van der Waals surface area contributed by atoms with Crippen LogP contribution in [0.25, 0.3) is 0 Å². The number of ether oxygens (including phenoxy) is 2. The molecule has 16 heavy (non-hydrogen) atoms. The Balaban J connectivity index is 2.23. The van der Waals surface area contributed by atoms with Crippen molar-refractivity contribution in [2.24, 2.45) is 11.3 Å². The molecule has 1 spiro atoms. The molecule has 1 aliphatic heterocycles. The van der Waals surface area contributed by atoms with Crippen molar-refractivity contribution >= 4 is 5.78 Å². The maximum Gasteiger partial charge on any atom is 0.170 e. The zero-order valence-electron chi connectivity index (χ0n) is 10.9. The molecule has 0 amide bonds. The Labute approximate surface area is 97.5 Å². The molecule has 2 fully saturated rings. The highest BCUT2D eigenvalue weighted by Gasteiger charge is 2.54. The normalized spacial score (nSPS) is 41.6. The number of hydrogen-bond acceptors (Lipinski definition) is 3. The van der Waals surface area contributed by atoms with Crippen LogP contribution in [0.5, 0.6) is 0 Å². The van der Waals surface area contributed by atoms with Crippen molar-refractivity contribution in [2.45, 2.75) is 65.5 Å². The first-order valence-corrected chi connectivity index (χ1v) is 6.16. The fourth-order valence-electron chi connectivity index (χ4n) is 3.14. The SMILES string of the molecule is C[C@@H]1CC2(CC(C)(C)C1=O)O[C@H](C)[C@@H](C)O2. The lowest BCUT2D eigenvalue weighted by Crippen LogP contribution is -2.49. The second-order valence-corrected chi connectivity index (χ2v) is 6.09. The minimum Gasteiger partial charge on any atom is -0.344 e. The summed E-state index contributed by atoms with van der Waals surface area (Å²) in [4.78, 5) is 12.0. The molecule has 1 saturated carbocycles. The van der Waals surface area contributed by atoms with Gasteiger partial charge >= 0.3 is 0 Å². The Morgan fingerprint density at radius 3 is 2.06 bits per heavy atom. The van der Waals surface area contributed by atoms with Crippen molar-refractivity contribution in [2.75, 3.05) is 0 Å². The van der Waals surface area contributed by atoms with Gasteiger partial charge in [0.05, 0.1) is 12.2 Å². The fourth-order valence-corrected chi connectivity index (χ4v) is 3.14. The molecular weight excluding hydrogens is 204 g/mol. The molecule has 0 aromatic heterocycles. The van der Waals surface area contributed by atoms with Crippen molar-refractivity contribution in [1.82, 2.24) is 0 Å². The van der Waals surface area contributed by atoms with Crippen LogP contribution in [-0.2, 0) is 14.3 Å². The summed E-state index contributed by atoms with van der Waals surface area (Å²) >= 11 is 0. The van der Waals surface area contributed by atoms with Gasteiger partial charge in [-0.05, 0) is 13.8 Å². The van der Waals surface area contributed by atoms with Crippen LogP contribution >= 0.6 is 0 Å². The number of hydrogen-bond donors (Lipinski definition) is 0. The lowest BCUT2D eigenvalue weighted by atomic mass is 9.69. The Kier molecular flexibility index (Phi) is 2.67. The highest BCUT2D eigenvalue weighted by molar-refractivity contribution is 5.87. The molecule has 0 bridgehead atoms. The molecule has 0 unspecified atom stereocenters. The summed E-state index contributed by atoms with van der Waals surface area (Å²) in [6.45, 7) is 10.0. The van der Waals surface area contributed by atoms with Crippen molar-refractivity contribution in [1.29, 1.82) is 0 Å². The van der Waals surface area contributed by atoms with Crippen LogP contribution in [0.15, 0.2) is 0 Å². The predicted molar refractivity (Wildman–Crippen MR) is 61.0 cm³/mol. The summed E-state index contributed by atoms with van der Waals surface area (Å²) in [5.74, 6) is -0.158. The fraction of sp³-hybridized carbons (Fsp3) is 0.923. The van der Waals surface area contributed by atoms with E-state index in [0.29, 0.717) is 18.6 Å². The lowest BCUT2D eigenvalue weighted by Gasteiger charge is -2.43. The van der Waals surface area contributed by atoms with Crippen LogP contribution in [0.4, 0.5) is 0 Å². The zero-order valence-corrected chi connectivity index (χ0v) is 10.9. The predicted octanol–water partition coefficient (Wildman–Crippen LogP) is 2.53. The van der Waals surface area contributed by atoms with Crippen LogP contribution in [0.1, 0.15) is 47.5 Å². The smallest absolute Gasteiger partial charge is 0.170 e. The zero-order chi connectivity index (χ0) is 12.1. The second-order valence-electron chi connectivity index (χ2n) is 6.09. The quantitative estimate of drug-likeness (QED) is 0.636. The Morgan fingerprint density at radius 1 is 1.12 bits per heavy atom. The van der Waals surface area contributed by atoms with E-state index in [-0.39, 0.29) is 23.5 Å². The summed E-state index contributed by atoms with van der Waals surface area (Å²) in [5.41, 5.74) is -0.332. The van der Waals surface area contributed by atoms with E-state index in [9.17, 15) is 4.79 Å². The van der Waals surface area contributed by atoms with E-state index in [4.69, 9.17) is 9.47 Å². The van der Waals surface area contributed by atoms with Crippen LogP contribution in [-0.4, -0.2) is 23.8 Å². The number of ketones is 1. The van der Waals surface area contributed by atoms with Gasteiger partial charge in [-0.2, -0.15) is 0 Å². The molecular formula is C13H22O3. The van der Waals surface area contributed by atoms with E-state index in [2.05, 4.69) is 0 Å². The monoisotopic (exact) mass is 226 g/mol. The standard InChI is InChI=1S/C13H22O3/c1-8-6-13(7-12(4,5)11(8)14)15-9(2)10(3)16-13/h8-10H,6-7H2,1-5H3/t8-,9-,10-/m1/s1. The van der Waals surface area contributed by atoms with E-state index >= 15 is 0 Å². The summed E-state index contributed by atoms with van der Waals surface area (Å²) in [6.07, 6.45) is 1.62. The number of carbonyl (C=O) groups is 1. The van der Waals surface area contributed by atoms with Gasteiger partial charge in [0.25, 0.3) is 0 Å². The van der Waals surface area contributed by atoms with E-state index in [1.807, 2.05) is 34.6 Å². The highest BCUT2D eigenvalue weighted by Crippen LogP contribution is 2.47. The Hall–Kier alpha value is -0.410. The Bertz CT molecular complexity index is 298. The van der Waals surface area contributed by atoms with E-state index in [1.54, 1.807) is 0 Å². The van der Waals surface area contributed by atoms with Gasteiger partial charge in [-0.1, -0.05) is 20.8 Å². The largest absolute Gasteiger partial charge is 0.344 e. The molecule has 1 saturated heterocycles. The third kappa shape index (κ3) is 1.80. The van der Waals surface area contributed by atoms with Crippen molar-refractivity contribution in [3.8, 4) is 0 Å². The third-order valence-electron chi connectivity index (χ3n) is 3.91. The molecule has 2 rings (SSSR count). The third-order valence-corrected chi connectivity index (χ3v) is 3.91. The first-order valence-electron chi connectivity index (χ1n) is 6.16. The number of Topliss-reactive ketones (excluding diaryl/α,β-unsaturated/α-hetero) is 1. The molecule has 92 valence electrons. The van der Waals surface area contributed by atoms with E-state index in [0.717, 1.165) is 0 Å². The van der Waals surface area contributed by atoms with Gasteiger partial charge in [-0.25, -0.2) is 0 Å². The second kappa shape index (κ2) is 3.54. The van der Waals surface area contributed by atoms with Crippen LogP contribution in [0, 0.1) is 11.3 Å². The minimum absolute atomic E-state index is 0.0289.